The van der Waals surface area contributed by atoms with Gasteiger partial charge in [-0.15, -0.1) is 0 Å². The second kappa shape index (κ2) is 7.98. The van der Waals surface area contributed by atoms with Crippen molar-refractivity contribution in [1.29, 1.82) is 0 Å². The molecule has 0 unspecified atom stereocenters. The smallest absolute Gasteiger partial charge is 0.243 e. The number of hydrogen-bond donors (Lipinski definition) is 0. The quantitative estimate of drug-likeness (QED) is 0.612. The van der Waals surface area contributed by atoms with Gasteiger partial charge in [-0.1, -0.05) is 17.7 Å². The SMILES string of the molecule is Cc1cc(C)n(-c2cc(N3CCN(S(=O)(=O)c4ccc(C)c(Cl)c4)CC3)ncn2)n1. The number of nitrogens with zero attached hydrogens (tertiary/aromatic N) is 6. The van der Waals surface area contributed by atoms with Crippen molar-refractivity contribution in [3.63, 3.8) is 0 Å². The molecule has 0 radical (unpaired) electrons. The summed E-state index contributed by atoms with van der Waals surface area (Å²) in [6.45, 7) is 7.56. The third-order valence-electron chi connectivity index (χ3n) is 5.21. The van der Waals surface area contributed by atoms with Crippen LogP contribution in [-0.2, 0) is 10.0 Å². The highest BCUT2D eigenvalue weighted by atomic mass is 35.5. The van der Waals surface area contributed by atoms with E-state index in [4.69, 9.17) is 11.6 Å². The fraction of sp³-hybridized carbons (Fsp3) is 0.350. The Hall–Kier alpha value is -2.49. The molecule has 0 N–H and O–H groups in total. The molecule has 0 bridgehead atoms. The minimum Gasteiger partial charge on any atom is -0.354 e. The van der Waals surface area contributed by atoms with Crippen molar-refractivity contribution in [3.05, 3.63) is 58.6 Å². The van der Waals surface area contributed by atoms with E-state index < -0.39 is 10.0 Å². The van der Waals surface area contributed by atoms with E-state index in [-0.39, 0.29) is 4.90 Å². The summed E-state index contributed by atoms with van der Waals surface area (Å²) in [6, 6.07) is 8.72. The molecule has 0 spiro atoms. The second-order valence-corrected chi connectivity index (χ2v) is 9.72. The highest BCUT2D eigenvalue weighted by molar-refractivity contribution is 7.89. The zero-order valence-electron chi connectivity index (χ0n) is 17.1. The normalized spacial score (nSPS) is 15.5. The van der Waals surface area contributed by atoms with E-state index in [1.54, 1.807) is 16.8 Å². The number of rotatable bonds is 4. The Labute approximate surface area is 181 Å². The van der Waals surface area contributed by atoms with Crippen molar-refractivity contribution in [2.24, 2.45) is 0 Å². The molecule has 0 atom stereocenters. The summed E-state index contributed by atoms with van der Waals surface area (Å²) >= 11 is 6.13. The number of benzene rings is 1. The lowest BCUT2D eigenvalue weighted by atomic mass is 10.2. The maximum atomic E-state index is 13.0. The number of hydrogen-bond acceptors (Lipinski definition) is 6. The molecular formula is C20H23ClN6O2S. The number of aryl methyl sites for hydroxylation is 3. The van der Waals surface area contributed by atoms with E-state index in [0.717, 1.165) is 22.8 Å². The van der Waals surface area contributed by atoms with Gasteiger partial charge in [0.25, 0.3) is 0 Å². The summed E-state index contributed by atoms with van der Waals surface area (Å²) in [5, 5.41) is 4.92. The molecule has 2 aromatic heterocycles. The third-order valence-corrected chi connectivity index (χ3v) is 7.51. The highest BCUT2D eigenvalue weighted by Crippen LogP contribution is 2.25. The summed E-state index contributed by atoms with van der Waals surface area (Å²) in [7, 11) is -3.59. The molecule has 158 valence electrons. The molecule has 0 aliphatic carbocycles. The van der Waals surface area contributed by atoms with Gasteiger partial charge in [-0.3, -0.25) is 0 Å². The highest BCUT2D eigenvalue weighted by Gasteiger charge is 2.29. The number of sulfonamides is 1. The van der Waals surface area contributed by atoms with Crippen molar-refractivity contribution in [3.8, 4) is 5.82 Å². The molecule has 8 nitrogen and oxygen atoms in total. The summed E-state index contributed by atoms with van der Waals surface area (Å²) in [5.41, 5.74) is 2.76. The van der Waals surface area contributed by atoms with Crippen LogP contribution in [0.2, 0.25) is 5.02 Å². The first-order valence-electron chi connectivity index (χ1n) is 9.62. The van der Waals surface area contributed by atoms with Gasteiger partial charge >= 0.3 is 0 Å². The van der Waals surface area contributed by atoms with E-state index in [1.807, 2.05) is 32.9 Å². The number of anilines is 1. The van der Waals surface area contributed by atoms with Crippen molar-refractivity contribution >= 4 is 27.4 Å². The fourth-order valence-electron chi connectivity index (χ4n) is 3.53. The fourth-order valence-corrected chi connectivity index (χ4v) is 5.22. The first kappa shape index (κ1) is 20.8. The molecule has 3 aromatic rings. The Kier molecular flexibility index (Phi) is 5.52. The van der Waals surface area contributed by atoms with Gasteiger partial charge in [0.1, 0.15) is 12.1 Å². The van der Waals surface area contributed by atoms with Crippen molar-refractivity contribution in [1.82, 2.24) is 24.1 Å². The summed E-state index contributed by atoms with van der Waals surface area (Å²) in [6.07, 6.45) is 1.51. The average molecular weight is 447 g/mol. The zero-order chi connectivity index (χ0) is 21.5. The van der Waals surface area contributed by atoms with E-state index in [1.165, 1.54) is 16.7 Å². The van der Waals surface area contributed by atoms with Gasteiger partial charge in [0.15, 0.2) is 5.82 Å². The van der Waals surface area contributed by atoms with Crippen LogP contribution in [0.4, 0.5) is 5.82 Å². The van der Waals surface area contributed by atoms with Gasteiger partial charge in [-0.2, -0.15) is 9.40 Å². The average Bonchev–Trinajstić information content (AvgIpc) is 3.08. The molecule has 1 aliphatic rings. The maximum absolute atomic E-state index is 13.0. The Morgan fingerprint density at radius 2 is 1.63 bits per heavy atom. The van der Waals surface area contributed by atoms with Crippen LogP contribution in [0.1, 0.15) is 17.0 Å². The molecule has 4 rings (SSSR count). The van der Waals surface area contributed by atoms with Crippen LogP contribution in [-0.4, -0.2) is 58.7 Å². The largest absolute Gasteiger partial charge is 0.354 e. The molecular weight excluding hydrogens is 424 g/mol. The maximum Gasteiger partial charge on any atom is 0.243 e. The summed E-state index contributed by atoms with van der Waals surface area (Å²) in [4.78, 5) is 11.0. The van der Waals surface area contributed by atoms with Gasteiger partial charge in [0.05, 0.1) is 10.6 Å². The molecule has 10 heteroatoms. The van der Waals surface area contributed by atoms with Gasteiger partial charge in [0, 0.05) is 43.0 Å². The second-order valence-electron chi connectivity index (χ2n) is 7.38. The number of aromatic nitrogens is 4. The van der Waals surface area contributed by atoms with Crippen LogP contribution < -0.4 is 4.90 Å². The molecule has 1 aromatic carbocycles. The number of halogens is 1. The summed E-state index contributed by atoms with van der Waals surface area (Å²) in [5.74, 6) is 1.44. The lowest BCUT2D eigenvalue weighted by molar-refractivity contribution is 0.383. The Balaban J connectivity index is 1.50. The van der Waals surface area contributed by atoms with Crippen LogP contribution in [0.25, 0.3) is 5.82 Å². The molecule has 1 fully saturated rings. The van der Waals surface area contributed by atoms with Gasteiger partial charge in [0.2, 0.25) is 10.0 Å². The molecule has 3 heterocycles. The van der Waals surface area contributed by atoms with Crippen LogP contribution in [0.3, 0.4) is 0 Å². The lowest BCUT2D eigenvalue weighted by Crippen LogP contribution is -2.49. The third kappa shape index (κ3) is 3.92. The van der Waals surface area contributed by atoms with Crippen LogP contribution in [0.15, 0.2) is 41.6 Å². The first-order valence-corrected chi connectivity index (χ1v) is 11.4. The Morgan fingerprint density at radius 1 is 0.933 bits per heavy atom. The topological polar surface area (TPSA) is 84.2 Å². The van der Waals surface area contributed by atoms with Gasteiger partial charge < -0.3 is 4.90 Å². The molecule has 1 aliphatic heterocycles. The Bertz CT molecular complexity index is 1190. The predicted molar refractivity (Wildman–Crippen MR) is 116 cm³/mol. The van der Waals surface area contributed by atoms with Crippen LogP contribution in [0.5, 0.6) is 0 Å². The zero-order valence-corrected chi connectivity index (χ0v) is 18.7. The monoisotopic (exact) mass is 446 g/mol. The van der Waals surface area contributed by atoms with Crippen LogP contribution >= 0.6 is 11.6 Å². The molecule has 0 saturated carbocycles. The van der Waals surface area contributed by atoms with E-state index in [9.17, 15) is 8.42 Å². The molecule has 1 saturated heterocycles. The van der Waals surface area contributed by atoms with Gasteiger partial charge in [-0.05, 0) is 44.5 Å². The van der Waals surface area contributed by atoms with Gasteiger partial charge in [-0.25, -0.2) is 23.1 Å². The van der Waals surface area contributed by atoms with E-state index in [0.29, 0.717) is 37.0 Å². The Morgan fingerprint density at radius 3 is 2.27 bits per heavy atom. The minimum atomic E-state index is -3.59. The predicted octanol–water partition coefficient (Wildman–Crippen LogP) is 2.75. The summed E-state index contributed by atoms with van der Waals surface area (Å²) < 4.78 is 29.2. The molecule has 30 heavy (non-hydrogen) atoms. The van der Waals surface area contributed by atoms with Crippen LogP contribution in [0, 0.1) is 20.8 Å². The van der Waals surface area contributed by atoms with E-state index in [2.05, 4.69) is 20.0 Å². The first-order chi connectivity index (χ1) is 14.3. The van der Waals surface area contributed by atoms with Crippen molar-refractivity contribution in [2.45, 2.75) is 25.7 Å². The van der Waals surface area contributed by atoms with Crippen molar-refractivity contribution < 1.29 is 8.42 Å². The minimum absolute atomic E-state index is 0.223. The van der Waals surface area contributed by atoms with E-state index >= 15 is 0 Å². The van der Waals surface area contributed by atoms with Crippen molar-refractivity contribution in [2.75, 3.05) is 31.1 Å². The standard InChI is InChI=1S/C20H23ClN6O2S/c1-14-4-5-17(11-18(14)21)30(28,29)26-8-6-25(7-9-26)19-12-20(23-13-22-19)27-16(3)10-15(2)24-27/h4-5,10-13H,6-9H2,1-3H3. The number of piperazine rings is 1. The lowest BCUT2D eigenvalue weighted by Gasteiger charge is -2.34. The molecule has 0 amide bonds.